The van der Waals surface area contributed by atoms with Crippen molar-refractivity contribution in [2.75, 3.05) is 67.3 Å². The van der Waals surface area contributed by atoms with Gasteiger partial charge in [0, 0.05) is 109 Å². The van der Waals surface area contributed by atoms with Crippen LogP contribution in [0.1, 0.15) is 88.8 Å². The van der Waals surface area contributed by atoms with E-state index in [4.69, 9.17) is 14.2 Å². The zero-order valence-electron chi connectivity index (χ0n) is 38.3. The number of aromatic hydroxyl groups is 3. The molecule has 0 aliphatic rings. The maximum atomic E-state index is 12.4. The predicted molar refractivity (Wildman–Crippen MR) is 245 cm³/mol. The third kappa shape index (κ3) is 18.9. The van der Waals surface area contributed by atoms with E-state index in [9.17, 15) is 48.9 Å². The summed E-state index contributed by atoms with van der Waals surface area (Å²) in [7, 11) is 4.60. The van der Waals surface area contributed by atoms with E-state index >= 15 is 0 Å². The van der Waals surface area contributed by atoms with Gasteiger partial charge in [0.1, 0.15) is 0 Å². The molecule has 1 aromatic carbocycles. The number of aromatic nitrogens is 3. The summed E-state index contributed by atoms with van der Waals surface area (Å²) in [5.41, 5.74) is -1.33. The molecular weight excluding hydrogens is 847 g/mol. The highest BCUT2D eigenvalue weighted by Crippen LogP contribution is 2.13. The van der Waals surface area contributed by atoms with Gasteiger partial charge < -0.3 is 64.5 Å². The summed E-state index contributed by atoms with van der Waals surface area (Å²) in [5.74, 6) is -3.30. The van der Waals surface area contributed by atoms with Crippen LogP contribution in [0.15, 0.2) is 81.5 Å². The number of carbonyl (C=O) groups excluding carboxylic acids is 4. The van der Waals surface area contributed by atoms with Gasteiger partial charge >= 0.3 is 0 Å². The molecule has 0 bridgehead atoms. The Morgan fingerprint density at radius 3 is 1.11 bits per heavy atom. The minimum Gasteiger partial charge on any atom is -0.503 e. The Morgan fingerprint density at radius 2 is 0.800 bits per heavy atom. The van der Waals surface area contributed by atoms with Crippen LogP contribution in [-0.4, -0.2) is 120 Å². The lowest BCUT2D eigenvalue weighted by Crippen LogP contribution is -2.32. The number of rotatable bonds is 21. The topological polar surface area (TPSA) is 271 Å². The molecular formula is C45H65N7O13. The van der Waals surface area contributed by atoms with E-state index in [2.05, 4.69) is 21.3 Å². The number of nitrogens with one attached hydrogen (secondary N) is 4. The highest BCUT2D eigenvalue weighted by atomic mass is 16.5. The Bertz CT molecular complexity index is 2170. The van der Waals surface area contributed by atoms with Gasteiger partial charge in [-0.25, -0.2) is 0 Å². The maximum absolute atomic E-state index is 12.4. The number of amides is 4. The van der Waals surface area contributed by atoms with E-state index in [1.807, 2.05) is 33.8 Å². The lowest BCUT2D eigenvalue weighted by Gasteiger charge is -2.14. The molecule has 7 N–H and O–H groups in total. The Balaban J connectivity index is 0.000000494. The monoisotopic (exact) mass is 911 g/mol. The van der Waals surface area contributed by atoms with Crippen LogP contribution in [-0.2, 0) is 33.8 Å². The van der Waals surface area contributed by atoms with Gasteiger partial charge in [-0.1, -0.05) is 45.9 Å². The van der Waals surface area contributed by atoms with Crippen LogP contribution >= 0.6 is 0 Å². The van der Waals surface area contributed by atoms with E-state index in [1.54, 1.807) is 38.5 Å². The molecule has 3 heterocycles. The fourth-order valence-corrected chi connectivity index (χ4v) is 5.45. The largest absolute Gasteiger partial charge is 0.503 e. The van der Waals surface area contributed by atoms with Crippen molar-refractivity contribution in [3.05, 3.63) is 120 Å². The second kappa shape index (κ2) is 32.0. The molecule has 0 unspecified atom stereocenters. The summed E-state index contributed by atoms with van der Waals surface area (Å²) >= 11 is 0. The van der Waals surface area contributed by atoms with Crippen molar-refractivity contribution in [2.24, 2.45) is 0 Å². The first-order valence-electron chi connectivity index (χ1n) is 21.2. The molecule has 0 saturated carbocycles. The van der Waals surface area contributed by atoms with Crippen LogP contribution < -0.4 is 37.6 Å². The Kier molecular flexibility index (Phi) is 27.7. The molecule has 3 aromatic heterocycles. The summed E-state index contributed by atoms with van der Waals surface area (Å²) in [5, 5.41) is 40.1. The van der Waals surface area contributed by atoms with Crippen molar-refractivity contribution in [1.82, 2.24) is 35.0 Å². The highest BCUT2D eigenvalue weighted by molar-refractivity contribution is 5.96. The molecule has 4 amide bonds. The van der Waals surface area contributed by atoms with E-state index in [0.29, 0.717) is 71.1 Å². The molecule has 358 valence electrons. The minimum absolute atomic E-state index is 0.0204. The van der Waals surface area contributed by atoms with Gasteiger partial charge in [0.2, 0.25) is 16.3 Å². The molecule has 0 saturated heterocycles. The summed E-state index contributed by atoms with van der Waals surface area (Å²) in [6.45, 7) is 11.7. The van der Waals surface area contributed by atoms with Crippen molar-refractivity contribution in [2.45, 2.75) is 66.6 Å². The standard InChI is InChI=1S/C19H23N3O5.2C12H18N2O4.C2H6/c1-27-13-12-22-11-8-15(23)17(24)16(22)19(26)21-10-5-9-20-18(25)14-6-3-2-4-7-14;2*1-3-5-13-12(17)10-11(16)9(15)4-6-14(10)7-8-18-2;1-2/h2-4,6-8,11,24H,5,9-10,12-13H2,1H3,(H,20,25)(H,21,26);2*4,6,16H,3,5,7-8H2,1-2H3,(H,13,17);1-2H3. The summed E-state index contributed by atoms with van der Waals surface area (Å²) < 4.78 is 19.3. The number of carbonyl (C=O) groups is 4. The number of benzene rings is 1. The summed E-state index contributed by atoms with van der Waals surface area (Å²) in [6.07, 6.45) is 6.45. The summed E-state index contributed by atoms with van der Waals surface area (Å²) in [4.78, 5) is 82.4. The van der Waals surface area contributed by atoms with Crippen molar-refractivity contribution >= 4 is 23.6 Å². The fraction of sp³-hybridized carbons (Fsp3) is 0.444. The van der Waals surface area contributed by atoms with Crippen LogP contribution in [0.4, 0.5) is 0 Å². The number of nitrogens with zero attached hydrogens (tertiary/aromatic N) is 3. The number of hydrogen-bond donors (Lipinski definition) is 7. The van der Waals surface area contributed by atoms with Gasteiger partial charge in [-0.3, -0.25) is 33.6 Å². The first kappa shape index (κ1) is 56.2. The van der Waals surface area contributed by atoms with Crippen LogP contribution in [0, 0.1) is 0 Å². The van der Waals surface area contributed by atoms with Gasteiger partial charge in [0.05, 0.1) is 19.8 Å². The molecule has 0 aliphatic heterocycles. The normalized spacial score (nSPS) is 10.1. The van der Waals surface area contributed by atoms with E-state index in [-0.39, 0.29) is 29.5 Å². The van der Waals surface area contributed by atoms with Gasteiger partial charge in [0.15, 0.2) is 34.3 Å². The van der Waals surface area contributed by atoms with Crippen LogP contribution in [0.2, 0.25) is 0 Å². The molecule has 20 heteroatoms. The van der Waals surface area contributed by atoms with Crippen molar-refractivity contribution in [1.29, 1.82) is 0 Å². The first-order valence-corrected chi connectivity index (χ1v) is 21.2. The average Bonchev–Trinajstić information content (AvgIpc) is 3.32. The first-order chi connectivity index (χ1) is 31.3. The Labute approximate surface area is 378 Å². The van der Waals surface area contributed by atoms with Gasteiger partial charge in [-0.2, -0.15) is 0 Å². The third-order valence-corrected chi connectivity index (χ3v) is 8.74. The van der Waals surface area contributed by atoms with Crippen molar-refractivity contribution in [3.63, 3.8) is 0 Å². The molecule has 0 fully saturated rings. The zero-order chi connectivity index (χ0) is 48.7. The quantitative estimate of drug-likeness (QED) is 0.0593. The van der Waals surface area contributed by atoms with Gasteiger partial charge in [0.25, 0.3) is 23.6 Å². The van der Waals surface area contributed by atoms with E-state index in [1.165, 1.54) is 57.6 Å². The molecule has 65 heavy (non-hydrogen) atoms. The molecule has 4 rings (SSSR count). The van der Waals surface area contributed by atoms with E-state index in [0.717, 1.165) is 12.8 Å². The number of pyridine rings is 3. The lowest BCUT2D eigenvalue weighted by molar-refractivity contribution is 0.0925. The van der Waals surface area contributed by atoms with Crippen LogP contribution in [0.5, 0.6) is 17.2 Å². The molecule has 4 aromatic rings. The van der Waals surface area contributed by atoms with Crippen molar-refractivity contribution in [3.8, 4) is 17.2 Å². The van der Waals surface area contributed by atoms with E-state index < -0.39 is 51.3 Å². The molecule has 0 spiro atoms. The highest BCUT2D eigenvalue weighted by Gasteiger charge is 2.20. The maximum Gasteiger partial charge on any atom is 0.271 e. The average molecular weight is 912 g/mol. The molecule has 0 aliphatic carbocycles. The summed E-state index contributed by atoms with van der Waals surface area (Å²) in [6, 6.07) is 12.5. The second-order valence-electron chi connectivity index (χ2n) is 13.4. The Morgan fingerprint density at radius 1 is 0.492 bits per heavy atom. The third-order valence-electron chi connectivity index (χ3n) is 8.74. The Hall–Kier alpha value is -6.77. The molecule has 0 atom stereocenters. The molecule has 20 nitrogen and oxygen atoms in total. The second-order valence-corrected chi connectivity index (χ2v) is 13.4. The zero-order valence-corrected chi connectivity index (χ0v) is 38.3. The van der Waals surface area contributed by atoms with Gasteiger partial charge in [-0.15, -0.1) is 0 Å². The predicted octanol–water partition coefficient (Wildman–Crippen LogP) is 2.46. The number of hydrogen-bond acceptors (Lipinski definition) is 13. The fourth-order valence-electron chi connectivity index (χ4n) is 5.45. The van der Waals surface area contributed by atoms with Crippen molar-refractivity contribution < 1.29 is 48.7 Å². The lowest BCUT2D eigenvalue weighted by atomic mass is 10.2. The SMILES string of the molecule is CC.CCCNC(=O)c1c(O)c(=O)ccn1CCOC.CCCNC(=O)c1c(O)c(=O)ccn1CCOC.COCCn1ccc(=O)c(O)c1C(=O)NCCCNC(=O)c1ccccc1. The number of ether oxygens (including phenoxy) is 3. The van der Waals surface area contributed by atoms with Crippen LogP contribution in [0.25, 0.3) is 0 Å². The smallest absolute Gasteiger partial charge is 0.271 e. The number of methoxy groups -OCH3 is 3. The molecule has 0 radical (unpaired) electrons. The van der Waals surface area contributed by atoms with Crippen LogP contribution in [0.3, 0.4) is 0 Å². The minimum atomic E-state index is -0.621. The van der Waals surface area contributed by atoms with Gasteiger partial charge in [-0.05, 0) is 31.4 Å².